The van der Waals surface area contributed by atoms with Crippen LogP contribution in [0, 0.1) is 0 Å². The second kappa shape index (κ2) is 8.14. The number of hydrogen-bond donors (Lipinski definition) is 1. The Hall–Kier alpha value is -2.20. The molecule has 1 nitrogen and oxygen atoms in total. The Bertz CT molecular complexity index is 1070. The van der Waals surface area contributed by atoms with Crippen LogP contribution in [0.15, 0.2) is 103 Å². The zero-order valence-corrected chi connectivity index (χ0v) is 18.3. The van der Waals surface area contributed by atoms with E-state index < -0.39 is 9.68 Å². The summed E-state index contributed by atoms with van der Waals surface area (Å²) in [5.41, 5.74) is 4.21. The molecule has 2 aliphatic rings. The Morgan fingerprint density at radius 1 is 0.733 bits per heavy atom. The van der Waals surface area contributed by atoms with Gasteiger partial charge >= 0.3 is 0 Å². The summed E-state index contributed by atoms with van der Waals surface area (Å²) in [6, 6.07) is 31.0. The van der Waals surface area contributed by atoms with Crippen LogP contribution in [0.25, 0.3) is 11.6 Å². The van der Waals surface area contributed by atoms with Crippen LogP contribution in [0.3, 0.4) is 0 Å². The molecule has 150 valence electrons. The summed E-state index contributed by atoms with van der Waals surface area (Å²) in [4.78, 5) is 0. The van der Waals surface area contributed by atoms with E-state index in [4.69, 9.17) is 0 Å². The molecule has 0 amide bonds. The van der Waals surface area contributed by atoms with Crippen LogP contribution in [0.2, 0.25) is 0 Å². The van der Waals surface area contributed by atoms with E-state index in [0.29, 0.717) is 0 Å². The molecular weight excluding hydrogens is 404 g/mol. The summed E-state index contributed by atoms with van der Waals surface area (Å²) in [7, 11) is 0. The lowest BCUT2D eigenvalue weighted by molar-refractivity contribution is 0.0870. The number of thioether (sulfide) groups is 2. The third-order valence-electron chi connectivity index (χ3n) is 5.83. The van der Waals surface area contributed by atoms with Crippen LogP contribution in [-0.2, 0) is 5.60 Å². The van der Waals surface area contributed by atoms with Crippen molar-refractivity contribution in [3.63, 3.8) is 0 Å². The first kappa shape index (κ1) is 19.7. The first-order chi connectivity index (χ1) is 14.7. The fourth-order valence-electron chi connectivity index (χ4n) is 4.39. The maximum Gasteiger partial charge on any atom is 0.143 e. The molecular formula is C27H24OS2. The van der Waals surface area contributed by atoms with Crippen molar-refractivity contribution in [1.82, 2.24) is 0 Å². The van der Waals surface area contributed by atoms with Gasteiger partial charge in [0, 0.05) is 0 Å². The van der Waals surface area contributed by atoms with E-state index in [1.807, 2.05) is 53.9 Å². The summed E-state index contributed by atoms with van der Waals surface area (Å²) >= 11 is 3.77. The van der Waals surface area contributed by atoms with Crippen molar-refractivity contribution in [2.75, 3.05) is 11.5 Å². The fourth-order valence-corrected chi connectivity index (χ4v) is 7.86. The normalized spacial score (nSPS) is 24.2. The van der Waals surface area contributed by atoms with Crippen LogP contribution in [0.4, 0.5) is 0 Å². The SMILES string of the molecule is O[C@@]1(c2ccccc2)/C(=C\c2ccccc2)C(c2ccccc2)=CC12SCCCS2. The molecule has 1 N–H and O–H groups in total. The summed E-state index contributed by atoms with van der Waals surface area (Å²) < 4.78 is -0.432. The quantitative estimate of drug-likeness (QED) is 0.506. The highest BCUT2D eigenvalue weighted by Gasteiger charge is 2.59. The van der Waals surface area contributed by atoms with Gasteiger partial charge in [-0.2, -0.15) is 0 Å². The number of rotatable bonds is 3. The Morgan fingerprint density at radius 2 is 1.30 bits per heavy atom. The highest BCUT2D eigenvalue weighted by Crippen LogP contribution is 2.64. The minimum absolute atomic E-state index is 0.432. The number of benzene rings is 3. The number of aliphatic hydroxyl groups is 1. The summed E-state index contributed by atoms with van der Waals surface area (Å²) in [5.74, 6) is 2.11. The standard InChI is InChI=1S/C27H24OS2/c28-27(23-15-8-3-9-16-23)25(19-21-11-4-1-5-12-21)24(22-13-6-2-7-14-22)20-26(27)29-17-10-18-30-26/h1-9,11-16,19-20,28H,10,17-18H2/b25-19-/t27-/m0/s1. The molecule has 3 aromatic carbocycles. The lowest BCUT2D eigenvalue weighted by Crippen LogP contribution is -2.45. The third-order valence-corrected chi connectivity index (χ3v) is 9.20. The predicted octanol–water partition coefficient (Wildman–Crippen LogP) is 6.62. The monoisotopic (exact) mass is 428 g/mol. The average Bonchev–Trinajstić information content (AvgIpc) is 3.05. The van der Waals surface area contributed by atoms with Crippen molar-refractivity contribution < 1.29 is 5.11 Å². The van der Waals surface area contributed by atoms with Crippen molar-refractivity contribution in [2.24, 2.45) is 0 Å². The molecule has 0 saturated carbocycles. The molecule has 0 bridgehead atoms. The van der Waals surface area contributed by atoms with Gasteiger partial charge in [-0.05, 0) is 57.9 Å². The van der Waals surface area contributed by atoms with Gasteiger partial charge in [0.25, 0.3) is 0 Å². The summed E-state index contributed by atoms with van der Waals surface area (Å²) in [5, 5.41) is 12.6. The van der Waals surface area contributed by atoms with Crippen LogP contribution in [0.1, 0.15) is 23.1 Å². The maximum absolute atomic E-state index is 12.6. The van der Waals surface area contributed by atoms with E-state index >= 15 is 0 Å². The van der Waals surface area contributed by atoms with Gasteiger partial charge in [-0.3, -0.25) is 0 Å². The largest absolute Gasteiger partial charge is 0.378 e. The Labute approximate surface area is 186 Å². The molecule has 1 saturated heterocycles. The van der Waals surface area contributed by atoms with E-state index in [2.05, 4.69) is 72.8 Å². The fraction of sp³-hybridized carbons (Fsp3) is 0.185. The lowest BCUT2D eigenvalue weighted by Gasteiger charge is -2.44. The van der Waals surface area contributed by atoms with Crippen LogP contribution < -0.4 is 0 Å². The van der Waals surface area contributed by atoms with E-state index in [1.54, 1.807) is 0 Å². The van der Waals surface area contributed by atoms with Crippen molar-refractivity contribution in [3.05, 3.63) is 119 Å². The second-order valence-electron chi connectivity index (χ2n) is 7.69. The lowest BCUT2D eigenvalue weighted by atomic mass is 9.82. The smallest absolute Gasteiger partial charge is 0.143 e. The van der Waals surface area contributed by atoms with E-state index in [9.17, 15) is 5.11 Å². The topological polar surface area (TPSA) is 20.2 Å². The molecule has 3 heteroatoms. The third kappa shape index (κ3) is 3.26. The van der Waals surface area contributed by atoms with E-state index in [1.165, 1.54) is 6.42 Å². The molecule has 1 aliphatic carbocycles. The Kier molecular flexibility index (Phi) is 5.36. The van der Waals surface area contributed by atoms with Gasteiger partial charge < -0.3 is 5.11 Å². The van der Waals surface area contributed by atoms with Gasteiger partial charge in [-0.15, -0.1) is 23.5 Å². The van der Waals surface area contributed by atoms with Crippen LogP contribution in [0.5, 0.6) is 0 Å². The summed E-state index contributed by atoms with van der Waals surface area (Å²) in [6.07, 6.45) is 5.68. The van der Waals surface area contributed by atoms with Gasteiger partial charge in [-0.1, -0.05) is 91.0 Å². The first-order valence-electron chi connectivity index (χ1n) is 10.3. The van der Waals surface area contributed by atoms with Gasteiger partial charge in [0.2, 0.25) is 0 Å². The molecule has 0 aromatic heterocycles. The van der Waals surface area contributed by atoms with E-state index in [0.717, 1.165) is 39.3 Å². The van der Waals surface area contributed by atoms with Gasteiger partial charge in [0.15, 0.2) is 0 Å². The minimum Gasteiger partial charge on any atom is -0.378 e. The predicted molar refractivity (Wildman–Crippen MR) is 131 cm³/mol. The van der Waals surface area contributed by atoms with Gasteiger partial charge in [-0.25, -0.2) is 0 Å². The van der Waals surface area contributed by atoms with E-state index in [-0.39, 0.29) is 0 Å². The van der Waals surface area contributed by atoms with Crippen molar-refractivity contribution in [3.8, 4) is 0 Å². The Balaban J connectivity index is 1.78. The zero-order chi connectivity index (χ0) is 20.4. The van der Waals surface area contributed by atoms with Crippen LogP contribution >= 0.6 is 23.5 Å². The maximum atomic E-state index is 12.6. The Morgan fingerprint density at radius 3 is 1.93 bits per heavy atom. The molecule has 0 unspecified atom stereocenters. The molecule has 1 fully saturated rings. The molecule has 1 heterocycles. The molecule has 1 aliphatic heterocycles. The molecule has 1 atom stereocenters. The minimum atomic E-state index is -1.11. The van der Waals surface area contributed by atoms with Crippen molar-refractivity contribution in [1.29, 1.82) is 0 Å². The molecule has 3 aromatic rings. The average molecular weight is 429 g/mol. The van der Waals surface area contributed by atoms with Crippen LogP contribution in [-0.4, -0.2) is 20.7 Å². The molecule has 1 spiro atoms. The van der Waals surface area contributed by atoms with Crippen molar-refractivity contribution in [2.45, 2.75) is 16.1 Å². The van der Waals surface area contributed by atoms with Gasteiger partial charge in [0.05, 0.1) is 0 Å². The molecule has 5 rings (SSSR count). The van der Waals surface area contributed by atoms with Gasteiger partial charge in [0.1, 0.15) is 9.68 Å². The summed E-state index contributed by atoms with van der Waals surface area (Å²) in [6.45, 7) is 0. The highest BCUT2D eigenvalue weighted by molar-refractivity contribution is 8.19. The molecule has 0 radical (unpaired) electrons. The highest BCUT2D eigenvalue weighted by atomic mass is 32.2. The zero-order valence-electron chi connectivity index (χ0n) is 16.7. The molecule has 30 heavy (non-hydrogen) atoms. The number of hydrogen-bond acceptors (Lipinski definition) is 3. The van der Waals surface area contributed by atoms with Crippen molar-refractivity contribution >= 4 is 35.2 Å². The second-order valence-corrected chi connectivity index (χ2v) is 10.6. The first-order valence-corrected chi connectivity index (χ1v) is 12.3.